The molecule has 594 valence electrons. The number of carbonyl (C=O) groups is 11. The Labute approximate surface area is 608 Å². The molecule has 0 aromatic carbocycles. The number of ether oxygens (including phenoxy) is 23. The van der Waals surface area contributed by atoms with Gasteiger partial charge in [0.15, 0.2) is 74.4 Å². The summed E-state index contributed by atoms with van der Waals surface area (Å²) in [5.41, 5.74) is 8.87. The fraction of sp³-hybridized carbons (Fsp3) is 0.838. The highest BCUT2D eigenvalue weighted by Gasteiger charge is 2.57. The van der Waals surface area contributed by atoms with Gasteiger partial charge in [-0.3, -0.25) is 52.7 Å². The first-order valence-electron chi connectivity index (χ1n) is 35.0. The lowest BCUT2D eigenvalue weighted by atomic mass is 9.83. The van der Waals surface area contributed by atoms with Gasteiger partial charge in [0.05, 0.1) is 76.3 Å². The summed E-state index contributed by atoms with van der Waals surface area (Å²) < 4.78 is 140. The maximum Gasteiger partial charge on any atom is 0.303 e. The van der Waals surface area contributed by atoms with Gasteiger partial charge in [0.25, 0.3) is 0 Å². The molecule has 0 aliphatic carbocycles. The van der Waals surface area contributed by atoms with Crippen LogP contribution in [-0.4, -0.2) is 253 Å². The minimum absolute atomic E-state index is 0.135. The van der Waals surface area contributed by atoms with E-state index in [1.165, 1.54) is 27.7 Å². The van der Waals surface area contributed by atoms with Crippen LogP contribution >= 0.6 is 0 Å². The normalized spacial score (nSPS) is 37.4. The van der Waals surface area contributed by atoms with Crippen molar-refractivity contribution in [3.8, 4) is 0 Å². The Balaban J connectivity index is 1.27. The Kier molecular flexibility index (Phi) is 33.3. The predicted molar refractivity (Wildman–Crippen MR) is 347 cm³/mol. The lowest BCUT2D eigenvalue weighted by molar-refractivity contribution is -0.342. The van der Waals surface area contributed by atoms with Gasteiger partial charge in [-0.15, -0.1) is 0 Å². The number of hydrogen-bond acceptors (Lipinski definition) is 35. The highest BCUT2D eigenvalue weighted by atomic mass is 16.8. The van der Waals surface area contributed by atoms with Gasteiger partial charge in [-0.25, -0.2) is 0 Å². The molecule has 37 heteroatoms. The van der Waals surface area contributed by atoms with Crippen molar-refractivity contribution in [3.05, 3.63) is 10.4 Å². The van der Waals surface area contributed by atoms with Gasteiger partial charge < -0.3 is 109 Å². The topological polar surface area (TPSA) is 449 Å². The van der Waals surface area contributed by atoms with Crippen LogP contribution in [-0.2, 0) is 162 Å². The van der Waals surface area contributed by atoms with Gasteiger partial charge in [-0.2, -0.15) is 0 Å². The number of carbonyl (C=O) groups excluding carboxylic acids is 11. The molecule has 105 heavy (non-hydrogen) atoms. The summed E-state index contributed by atoms with van der Waals surface area (Å²) in [7, 11) is 0. The van der Waals surface area contributed by atoms with Crippen molar-refractivity contribution >= 4 is 65.7 Å². The molecule has 0 aromatic heterocycles. The van der Waals surface area contributed by atoms with Crippen molar-refractivity contribution in [2.24, 2.45) is 46.5 Å². The second-order valence-electron chi connectivity index (χ2n) is 27.0. The predicted octanol–water partition coefficient (Wildman–Crippen LogP) is 3.86. The number of esters is 11. The third kappa shape index (κ3) is 24.2. The third-order valence-electron chi connectivity index (χ3n) is 18.9. The van der Waals surface area contributed by atoms with Crippen LogP contribution in [0.4, 0.5) is 0 Å². The molecule has 6 fully saturated rings. The first kappa shape index (κ1) is 86.9. The van der Waals surface area contributed by atoms with E-state index in [4.69, 9.17) is 114 Å². The molecule has 0 spiro atoms. The van der Waals surface area contributed by atoms with Gasteiger partial charge in [0, 0.05) is 123 Å². The van der Waals surface area contributed by atoms with Gasteiger partial charge in [-0.05, 0) is 17.9 Å². The zero-order valence-corrected chi connectivity index (χ0v) is 62.7. The lowest BCUT2D eigenvalue weighted by Gasteiger charge is -2.48. The molecule has 37 nitrogen and oxygen atoms in total. The summed E-state index contributed by atoms with van der Waals surface area (Å²) in [4.78, 5) is 143. The molecular formula is C68H103N3O34. The van der Waals surface area contributed by atoms with Crippen molar-refractivity contribution in [3.63, 3.8) is 0 Å². The van der Waals surface area contributed by atoms with E-state index in [0.717, 1.165) is 48.5 Å². The van der Waals surface area contributed by atoms with E-state index < -0.39 is 262 Å². The minimum atomic E-state index is -1.65. The van der Waals surface area contributed by atoms with E-state index in [1.54, 1.807) is 48.5 Å². The standard InChI is InChI=1S/C68H103N3O34/c1-20-46-30(4)52(89-35(9)72)59(96-42(16)79)65(100-46)86-25-49-32(6)55(92-38(12)75)61(98-44(18)81)67(104-49)88-27-51-34(8)56(93-39(13)76)62(99-45(19)82)68(105-51)87-26-50-33(7)54(91-37(11)74)60(97-43(17)80)66(103-50)85-23-47-28(2)29(3)57(94-40(14)77)63(101-47)84-24-48-31(5)53(90-36(10)73)58(95-41(15)78)64(102-48)83-22-21-70-71-69/h28-34,46-68H,20-27H2,1-19H3/t28-,29-,30+,31+,32+,33+,34+,46+,47?,48?,49?,50?,51?,52-,53-,54-,55-,56-,57+,58+,59+,60+,61+,62+,63+,64+,65+,66+,67+,68+/m0/s1. The molecule has 6 aliphatic heterocycles. The Bertz CT molecular complexity index is 3030. The van der Waals surface area contributed by atoms with Crippen LogP contribution < -0.4 is 0 Å². The first-order chi connectivity index (χ1) is 49.4. The van der Waals surface area contributed by atoms with Crippen LogP contribution in [0.2, 0.25) is 0 Å². The minimum Gasteiger partial charge on any atom is -0.458 e. The van der Waals surface area contributed by atoms with E-state index in [1.807, 2.05) is 6.92 Å². The van der Waals surface area contributed by atoms with E-state index in [-0.39, 0.29) is 33.0 Å². The summed E-state index contributed by atoms with van der Waals surface area (Å²) >= 11 is 0. The molecule has 6 saturated heterocycles. The van der Waals surface area contributed by atoms with E-state index in [9.17, 15) is 52.7 Å². The maximum atomic E-state index is 13.0. The Morgan fingerprint density at radius 3 is 0.695 bits per heavy atom. The zero-order chi connectivity index (χ0) is 78.0. The maximum absolute atomic E-state index is 13.0. The monoisotopic (exact) mass is 1510 g/mol. The fourth-order valence-electron chi connectivity index (χ4n) is 13.6. The van der Waals surface area contributed by atoms with Gasteiger partial charge in [0.1, 0.15) is 30.5 Å². The van der Waals surface area contributed by atoms with E-state index in [2.05, 4.69) is 10.0 Å². The molecule has 0 bridgehead atoms. The zero-order valence-electron chi connectivity index (χ0n) is 62.7. The average molecular weight is 1510 g/mol. The third-order valence-corrected chi connectivity index (χ3v) is 18.9. The van der Waals surface area contributed by atoms with Crippen LogP contribution in [0.3, 0.4) is 0 Å². The molecule has 30 atom stereocenters. The van der Waals surface area contributed by atoms with Crippen molar-refractivity contribution in [2.75, 3.05) is 46.2 Å². The fourth-order valence-corrected chi connectivity index (χ4v) is 13.6. The summed E-state index contributed by atoms with van der Waals surface area (Å²) in [6.07, 6.45) is -28.4. The van der Waals surface area contributed by atoms with E-state index in [0.29, 0.717) is 6.42 Å². The Morgan fingerprint density at radius 1 is 0.276 bits per heavy atom. The molecule has 6 heterocycles. The van der Waals surface area contributed by atoms with Crippen LogP contribution in [0.1, 0.15) is 138 Å². The summed E-state index contributed by atoms with van der Waals surface area (Å²) in [6, 6.07) is 0. The van der Waals surface area contributed by atoms with Gasteiger partial charge in [-0.1, -0.05) is 60.5 Å². The smallest absolute Gasteiger partial charge is 0.303 e. The number of azide groups is 1. The molecule has 0 saturated carbocycles. The number of nitrogens with zero attached hydrogens (tertiary/aromatic N) is 3. The molecule has 6 aliphatic rings. The SMILES string of the molecule is CC[C@H]1O[C@@H](OCC2O[C@@H](OCC3O[C@@H](OCC4O[C@@H](OCC5O[C@@H](OCC6O[C@@H](OCCN=[N+]=[N-])[C@H](OC(C)=O)[C@@H](OC(C)=O)[C@@H]6C)[C@H](OC(C)=O)[C@@H](C)[C@@H]5C)[C@H](OC(C)=O)[C@@H](OC(C)=O)[C@@H]4C)[C@H](OC(C)=O)[C@@H](OC(C)=O)[C@@H]3C)[C@H](OC(C)=O)[C@@H](OC(C)=O)[C@@H]2C)[C@H](OC(C)=O)[C@@H](OC(C)=O)[C@@H]1C. The van der Waals surface area contributed by atoms with Crippen molar-refractivity contribution in [1.82, 2.24) is 0 Å². The number of hydrogen-bond donors (Lipinski definition) is 0. The van der Waals surface area contributed by atoms with Crippen LogP contribution in [0.15, 0.2) is 5.11 Å². The molecular weight excluding hydrogens is 1400 g/mol. The lowest BCUT2D eigenvalue weighted by Crippen LogP contribution is -2.62. The highest BCUT2D eigenvalue weighted by Crippen LogP contribution is 2.41. The largest absolute Gasteiger partial charge is 0.458 e. The molecule has 0 radical (unpaired) electrons. The number of rotatable bonds is 31. The van der Waals surface area contributed by atoms with Crippen LogP contribution in [0.25, 0.3) is 10.4 Å². The first-order valence-corrected chi connectivity index (χ1v) is 35.0. The van der Waals surface area contributed by atoms with Crippen molar-refractivity contribution in [2.45, 2.75) is 279 Å². The molecule has 6 rings (SSSR count). The molecule has 0 aromatic rings. The van der Waals surface area contributed by atoms with E-state index >= 15 is 0 Å². The quantitative estimate of drug-likeness (QED) is 0.0237. The second kappa shape index (κ2) is 40.3. The Hall–Kier alpha value is -7.00. The second-order valence-corrected chi connectivity index (χ2v) is 27.0. The van der Waals surface area contributed by atoms with Gasteiger partial charge >= 0.3 is 65.7 Å². The molecule has 0 N–H and O–H groups in total. The summed E-state index contributed by atoms with van der Waals surface area (Å²) in [5.74, 6) is -13.2. The molecule has 5 unspecified atom stereocenters. The van der Waals surface area contributed by atoms with Gasteiger partial charge in [0.2, 0.25) is 0 Å². The van der Waals surface area contributed by atoms with Crippen molar-refractivity contribution < 1.29 is 162 Å². The van der Waals surface area contributed by atoms with Crippen LogP contribution in [0.5, 0.6) is 0 Å². The van der Waals surface area contributed by atoms with Crippen LogP contribution in [0, 0.1) is 41.4 Å². The Morgan fingerprint density at radius 2 is 0.467 bits per heavy atom. The van der Waals surface area contributed by atoms with Crippen molar-refractivity contribution in [1.29, 1.82) is 0 Å². The average Bonchev–Trinajstić information content (AvgIpc) is 0.732. The summed E-state index contributed by atoms with van der Waals surface area (Å²) in [6.45, 7) is 24.0. The highest BCUT2D eigenvalue weighted by molar-refractivity contribution is 5.70. The summed E-state index contributed by atoms with van der Waals surface area (Å²) in [5, 5.41) is 3.47. The molecule has 0 amide bonds.